The molecule has 1 aliphatic rings. The lowest BCUT2D eigenvalue weighted by Gasteiger charge is -2.40. The average molecular weight is 385 g/mol. The highest BCUT2D eigenvalue weighted by atomic mass is 19.1. The van der Waals surface area contributed by atoms with Gasteiger partial charge in [-0.05, 0) is 42.9 Å². The van der Waals surface area contributed by atoms with Gasteiger partial charge in [-0.2, -0.15) is 0 Å². The van der Waals surface area contributed by atoms with E-state index >= 15 is 0 Å². The number of hydrogen-bond donors (Lipinski definition) is 1. The van der Waals surface area contributed by atoms with Gasteiger partial charge in [-0.15, -0.1) is 0 Å². The Morgan fingerprint density at radius 3 is 2.71 bits per heavy atom. The van der Waals surface area contributed by atoms with Gasteiger partial charge in [0.05, 0.1) is 18.8 Å². The van der Waals surface area contributed by atoms with Gasteiger partial charge in [-0.1, -0.05) is 42.5 Å². The number of hydrazine groups is 1. The summed E-state index contributed by atoms with van der Waals surface area (Å²) in [7, 11) is 1.61. The Bertz CT molecular complexity index is 756. The van der Waals surface area contributed by atoms with Gasteiger partial charge in [0, 0.05) is 20.2 Å². The second kappa shape index (κ2) is 10.2. The maximum atomic E-state index is 13.9. The topological polar surface area (TPSA) is 44.8 Å². The highest BCUT2D eigenvalue weighted by Crippen LogP contribution is 2.23. The van der Waals surface area contributed by atoms with Crippen LogP contribution in [-0.4, -0.2) is 49.4 Å². The van der Waals surface area contributed by atoms with E-state index in [4.69, 9.17) is 4.74 Å². The highest BCUT2D eigenvalue weighted by molar-refractivity contribution is 5.89. The summed E-state index contributed by atoms with van der Waals surface area (Å²) in [5, 5.41) is 6.43. The molecule has 0 saturated carbocycles. The molecule has 2 amide bonds. The third kappa shape index (κ3) is 5.53. The number of piperidine rings is 1. The standard InChI is InChI=1S/C22H28FN3O2/c1-28-15-14-26(22(27)24-21-12-6-5-11-20(21)23)25-13-7-10-19(17-25)16-18-8-3-2-4-9-18/h2-6,8-9,11-12,19H,7,10,13-17H2,1H3,(H,24,27)/t19-/m1/s1. The second-order valence-corrected chi connectivity index (χ2v) is 7.14. The fourth-order valence-electron chi connectivity index (χ4n) is 3.67. The van der Waals surface area contributed by atoms with E-state index in [0.717, 1.165) is 32.4 Å². The molecule has 0 unspecified atom stereocenters. The van der Waals surface area contributed by atoms with Crippen molar-refractivity contribution < 1.29 is 13.9 Å². The molecule has 2 aromatic rings. The van der Waals surface area contributed by atoms with E-state index in [2.05, 4.69) is 34.6 Å². The van der Waals surface area contributed by atoms with Crippen molar-refractivity contribution in [1.29, 1.82) is 0 Å². The normalized spacial score (nSPS) is 17.3. The van der Waals surface area contributed by atoms with Crippen LogP contribution in [0.5, 0.6) is 0 Å². The Balaban J connectivity index is 1.67. The zero-order chi connectivity index (χ0) is 19.8. The van der Waals surface area contributed by atoms with Crippen molar-refractivity contribution in [3.8, 4) is 0 Å². The molecule has 6 heteroatoms. The van der Waals surface area contributed by atoms with Gasteiger partial charge in [-0.25, -0.2) is 14.2 Å². The molecule has 0 aromatic heterocycles. The van der Waals surface area contributed by atoms with Crippen molar-refractivity contribution in [3.63, 3.8) is 0 Å². The van der Waals surface area contributed by atoms with E-state index < -0.39 is 5.82 Å². The van der Waals surface area contributed by atoms with Gasteiger partial charge in [0.15, 0.2) is 0 Å². The number of nitrogens with zero attached hydrogens (tertiary/aromatic N) is 2. The Morgan fingerprint density at radius 1 is 1.21 bits per heavy atom. The number of halogens is 1. The Labute approximate surface area is 166 Å². The monoisotopic (exact) mass is 385 g/mol. The molecule has 3 rings (SSSR count). The zero-order valence-electron chi connectivity index (χ0n) is 16.3. The molecule has 0 radical (unpaired) electrons. The fraction of sp³-hybridized carbons (Fsp3) is 0.409. The molecule has 1 heterocycles. The van der Waals surface area contributed by atoms with Crippen LogP contribution < -0.4 is 5.32 Å². The van der Waals surface area contributed by atoms with E-state index in [1.54, 1.807) is 30.3 Å². The third-order valence-corrected chi connectivity index (χ3v) is 5.06. The summed E-state index contributed by atoms with van der Waals surface area (Å²) in [5.74, 6) is 0.0330. The molecule has 5 nitrogen and oxygen atoms in total. The Hall–Kier alpha value is -2.44. The number of amides is 2. The van der Waals surface area contributed by atoms with Crippen LogP contribution in [-0.2, 0) is 11.2 Å². The lowest BCUT2D eigenvalue weighted by Crippen LogP contribution is -2.53. The van der Waals surface area contributed by atoms with E-state index in [0.29, 0.717) is 19.1 Å². The molecular formula is C22H28FN3O2. The molecular weight excluding hydrogens is 357 g/mol. The van der Waals surface area contributed by atoms with Gasteiger partial charge in [0.2, 0.25) is 0 Å². The van der Waals surface area contributed by atoms with E-state index in [9.17, 15) is 9.18 Å². The summed E-state index contributed by atoms with van der Waals surface area (Å²) in [6.07, 6.45) is 3.15. The number of hydrogen-bond acceptors (Lipinski definition) is 3. The van der Waals surface area contributed by atoms with Gasteiger partial charge in [-0.3, -0.25) is 5.01 Å². The molecule has 0 spiro atoms. The first-order chi connectivity index (χ1) is 13.7. The predicted octanol–water partition coefficient (Wildman–Crippen LogP) is 4.18. The van der Waals surface area contributed by atoms with Gasteiger partial charge in [0.1, 0.15) is 5.82 Å². The molecule has 1 aliphatic heterocycles. The Kier molecular flexibility index (Phi) is 7.39. The molecule has 1 N–H and O–H groups in total. The number of ether oxygens (including phenoxy) is 1. The molecule has 0 aliphatic carbocycles. The predicted molar refractivity (Wildman–Crippen MR) is 108 cm³/mol. The fourth-order valence-corrected chi connectivity index (χ4v) is 3.67. The van der Waals surface area contributed by atoms with Crippen molar-refractivity contribution in [2.45, 2.75) is 19.3 Å². The van der Waals surface area contributed by atoms with Gasteiger partial charge >= 0.3 is 6.03 Å². The minimum Gasteiger partial charge on any atom is -0.383 e. The smallest absolute Gasteiger partial charge is 0.336 e. The molecule has 28 heavy (non-hydrogen) atoms. The number of nitrogens with one attached hydrogen (secondary N) is 1. The van der Waals surface area contributed by atoms with Crippen LogP contribution in [0.25, 0.3) is 0 Å². The number of urea groups is 1. The molecule has 0 bridgehead atoms. The molecule has 1 fully saturated rings. The van der Waals surface area contributed by atoms with E-state index in [-0.39, 0.29) is 11.7 Å². The number of benzene rings is 2. The second-order valence-electron chi connectivity index (χ2n) is 7.14. The van der Waals surface area contributed by atoms with Crippen LogP contribution in [0.2, 0.25) is 0 Å². The molecule has 1 atom stereocenters. The van der Waals surface area contributed by atoms with Gasteiger partial charge < -0.3 is 10.1 Å². The molecule has 150 valence electrons. The van der Waals surface area contributed by atoms with Crippen LogP contribution in [0.4, 0.5) is 14.9 Å². The number of methoxy groups -OCH3 is 1. The van der Waals surface area contributed by atoms with E-state index in [1.165, 1.54) is 11.6 Å². The SMILES string of the molecule is COCCN(C(=O)Nc1ccccc1F)N1CCC[C@H](Cc2ccccc2)C1. The summed E-state index contributed by atoms with van der Waals surface area (Å²) in [5.41, 5.74) is 1.50. The summed E-state index contributed by atoms with van der Waals surface area (Å²) in [6.45, 7) is 2.45. The van der Waals surface area contributed by atoms with Crippen molar-refractivity contribution in [2.75, 3.05) is 38.7 Å². The van der Waals surface area contributed by atoms with E-state index in [1.807, 2.05) is 6.07 Å². The van der Waals surface area contributed by atoms with Crippen LogP contribution in [0.1, 0.15) is 18.4 Å². The van der Waals surface area contributed by atoms with Crippen LogP contribution in [0, 0.1) is 11.7 Å². The first-order valence-electron chi connectivity index (χ1n) is 9.78. The molecule has 2 aromatic carbocycles. The lowest BCUT2D eigenvalue weighted by molar-refractivity contribution is -0.0266. The van der Waals surface area contributed by atoms with Crippen LogP contribution >= 0.6 is 0 Å². The van der Waals surface area contributed by atoms with Crippen LogP contribution in [0.3, 0.4) is 0 Å². The van der Waals surface area contributed by atoms with Crippen molar-refractivity contribution in [1.82, 2.24) is 10.0 Å². The quantitative estimate of drug-likeness (QED) is 0.778. The number of anilines is 1. The summed E-state index contributed by atoms with van der Waals surface area (Å²) in [6, 6.07) is 16.3. The third-order valence-electron chi connectivity index (χ3n) is 5.06. The zero-order valence-corrected chi connectivity index (χ0v) is 16.3. The highest BCUT2D eigenvalue weighted by Gasteiger charge is 2.28. The van der Waals surface area contributed by atoms with Crippen molar-refractivity contribution >= 4 is 11.7 Å². The number of para-hydroxylation sites is 1. The Morgan fingerprint density at radius 2 is 1.96 bits per heavy atom. The first kappa shape index (κ1) is 20.3. The summed E-state index contributed by atoms with van der Waals surface area (Å²) in [4.78, 5) is 12.9. The maximum Gasteiger partial charge on any atom is 0.336 e. The van der Waals surface area contributed by atoms with Crippen molar-refractivity contribution in [3.05, 3.63) is 66.0 Å². The number of rotatable bonds is 7. The minimum atomic E-state index is -0.442. The van der Waals surface area contributed by atoms with Gasteiger partial charge in [0.25, 0.3) is 0 Å². The average Bonchev–Trinajstić information content (AvgIpc) is 2.71. The van der Waals surface area contributed by atoms with Crippen molar-refractivity contribution in [2.24, 2.45) is 5.92 Å². The maximum absolute atomic E-state index is 13.9. The molecule has 1 saturated heterocycles. The number of carbonyl (C=O) groups is 1. The lowest BCUT2D eigenvalue weighted by atomic mass is 9.92. The minimum absolute atomic E-state index is 0.188. The number of carbonyl (C=O) groups excluding carboxylic acids is 1. The summed E-state index contributed by atoms with van der Waals surface area (Å²) < 4.78 is 19.1. The van der Waals surface area contributed by atoms with Crippen LogP contribution in [0.15, 0.2) is 54.6 Å². The first-order valence-corrected chi connectivity index (χ1v) is 9.78. The summed E-state index contributed by atoms with van der Waals surface area (Å²) >= 11 is 0. The largest absolute Gasteiger partial charge is 0.383 e.